The van der Waals surface area contributed by atoms with E-state index >= 15 is 0 Å². The van der Waals surface area contributed by atoms with E-state index in [0.717, 1.165) is 0 Å². The number of esters is 1. The minimum Gasteiger partial charge on any atom is -0.486 e. The molecule has 17 heavy (non-hydrogen) atoms. The minimum absolute atomic E-state index is 0.00329. The van der Waals surface area contributed by atoms with Crippen molar-refractivity contribution >= 4 is 11.8 Å². The number of ether oxygens (including phenoxy) is 3. The van der Waals surface area contributed by atoms with Gasteiger partial charge in [-0.1, -0.05) is 6.07 Å². The molecule has 0 N–H and O–H groups in total. The van der Waals surface area contributed by atoms with Crippen molar-refractivity contribution in [2.24, 2.45) is 0 Å². The third-order valence-electron chi connectivity index (χ3n) is 2.38. The first-order valence-electron chi connectivity index (χ1n) is 5.20. The van der Waals surface area contributed by atoms with Crippen LogP contribution >= 0.6 is 0 Å². The summed E-state index contributed by atoms with van der Waals surface area (Å²) < 4.78 is 15.1. The van der Waals surface area contributed by atoms with Crippen molar-refractivity contribution in [1.82, 2.24) is 0 Å². The van der Waals surface area contributed by atoms with Crippen molar-refractivity contribution < 1.29 is 23.8 Å². The fourth-order valence-corrected chi connectivity index (χ4v) is 1.57. The molecule has 0 radical (unpaired) electrons. The minimum atomic E-state index is -0.833. The van der Waals surface area contributed by atoms with Crippen LogP contribution in [0.15, 0.2) is 18.2 Å². The van der Waals surface area contributed by atoms with Crippen LogP contribution in [0.1, 0.15) is 5.56 Å². The van der Waals surface area contributed by atoms with Gasteiger partial charge in [0.05, 0.1) is 7.11 Å². The molecule has 0 bridgehead atoms. The van der Waals surface area contributed by atoms with E-state index in [2.05, 4.69) is 4.74 Å². The standard InChI is InChI=1S/C12H12O5/c1-15-12(14)9(13)6-8-2-3-10-11(7-8)17-5-4-16-10/h2-3,7H,4-6H2,1H3. The van der Waals surface area contributed by atoms with Gasteiger partial charge in [0.25, 0.3) is 0 Å². The van der Waals surface area contributed by atoms with E-state index in [1.807, 2.05) is 0 Å². The van der Waals surface area contributed by atoms with Crippen LogP contribution in [0.4, 0.5) is 0 Å². The number of benzene rings is 1. The highest BCUT2D eigenvalue weighted by Crippen LogP contribution is 2.30. The predicted molar refractivity (Wildman–Crippen MR) is 58.2 cm³/mol. The average molecular weight is 236 g/mol. The third-order valence-corrected chi connectivity index (χ3v) is 2.38. The summed E-state index contributed by atoms with van der Waals surface area (Å²) in [6.45, 7) is 1.01. The molecule has 1 aromatic carbocycles. The number of ketones is 1. The number of carbonyl (C=O) groups is 2. The van der Waals surface area contributed by atoms with Gasteiger partial charge in [-0.25, -0.2) is 4.79 Å². The van der Waals surface area contributed by atoms with Crippen molar-refractivity contribution in [1.29, 1.82) is 0 Å². The van der Waals surface area contributed by atoms with Crippen LogP contribution in [0.25, 0.3) is 0 Å². The third kappa shape index (κ3) is 2.55. The summed E-state index contributed by atoms with van der Waals surface area (Å²) in [4.78, 5) is 22.3. The number of hydrogen-bond donors (Lipinski definition) is 0. The second kappa shape index (κ2) is 4.86. The molecule has 0 amide bonds. The Morgan fingerprint density at radius 3 is 2.65 bits per heavy atom. The molecule has 0 saturated heterocycles. The van der Waals surface area contributed by atoms with Gasteiger partial charge in [0.15, 0.2) is 11.5 Å². The topological polar surface area (TPSA) is 61.8 Å². The van der Waals surface area contributed by atoms with Crippen molar-refractivity contribution in [3.8, 4) is 11.5 Å². The first-order chi connectivity index (χ1) is 8.20. The Balaban J connectivity index is 2.12. The first-order valence-corrected chi connectivity index (χ1v) is 5.20. The number of hydrogen-bond acceptors (Lipinski definition) is 5. The molecular weight excluding hydrogens is 224 g/mol. The molecule has 0 aliphatic carbocycles. The Kier molecular flexibility index (Phi) is 3.27. The van der Waals surface area contributed by atoms with Crippen molar-refractivity contribution in [2.75, 3.05) is 20.3 Å². The zero-order chi connectivity index (χ0) is 12.3. The quantitative estimate of drug-likeness (QED) is 0.572. The molecule has 2 rings (SSSR count). The van der Waals surface area contributed by atoms with E-state index in [-0.39, 0.29) is 6.42 Å². The van der Waals surface area contributed by atoms with Gasteiger partial charge in [-0.3, -0.25) is 4.79 Å². The van der Waals surface area contributed by atoms with E-state index < -0.39 is 11.8 Å². The first kappa shape index (κ1) is 11.4. The van der Waals surface area contributed by atoms with Gasteiger partial charge in [0, 0.05) is 6.42 Å². The Labute approximate surface area is 98.3 Å². The SMILES string of the molecule is COC(=O)C(=O)Cc1ccc2c(c1)OCCO2. The Bertz CT molecular complexity index is 452. The molecule has 1 aromatic rings. The highest BCUT2D eigenvalue weighted by atomic mass is 16.6. The molecule has 0 atom stereocenters. The molecule has 0 spiro atoms. The number of rotatable bonds is 3. The smallest absolute Gasteiger partial charge is 0.374 e. The van der Waals surface area contributed by atoms with Crippen LogP contribution in [0, 0.1) is 0 Å². The summed E-state index contributed by atoms with van der Waals surface area (Å²) >= 11 is 0. The van der Waals surface area contributed by atoms with Crippen LogP contribution in [0.2, 0.25) is 0 Å². The number of Topliss-reactive ketones (excluding diaryl/α,β-unsaturated/α-hetero) is 1. The number of fused-ring (bicyclic) bond motifs is 1. The van der Waals surface area contributed by atoms with Crippen LogP contribution in [-0.2, 0) is 20.7 Å². The normalized spacial score (nSPS) is 13.0. The lowest BCUT2D eigenvalue weighted by Gasteiger charge is -2.18. The molecule has 5 heteroatoms. The lowest BCUT2D eigenvalue weighted by atomic mass is 10.1. The summed E-state index contributed by atoms with van der Waals surface area (Å²) in [5.41, 5.74) is 0.699. The maximum atomic E-state index is 11.4. The molecule has 90 valence electrons. The molecule has 0 fully saturated rings. The second-order valence-electron chi connectivity index (χ2n) is 3.57. The largest absolute Gasteiger partial charge is 0.486 e. The Hall–Kier alpha value is -2.04. The Morgan fingerprint density at radius 2 is 1.94 bits per heavy atom. The van der Waals surface area contributed by atoms with Gasteiger partial charge >= 0.3 is 5.97 Å². The van der Waals surface area contributed by atoms with Crippen molar-refractivity contribution in [2.45, 2.75) is 6.42 Å². The van der Waals surface area contributed by atoms with Gasteiger partial charge in [0.2, 0.25) is 5.78 Å². The van der Waals surface area contributed by atoms with E-state index in [0.29, 0.717) is 30.3 Å². The molecule has 5 nitrogen and oxygen atoms in total. The highest BCUT2D eigenvalue weighted by Gasteiger charge is 2.17. The average Bonchev–Trinajstić information content (AvgIpc) is 2.37. The van der Waals surface area contributed by atoms with Gasteiger partial charge in [-0.2, -0.15) is 0 Å². The molecule has 1 heterocycles. The maximum absolute atomic E-state index is 11.4. The van der Waals surface area contributed by atoms with Crippen LogP contribution in [0.5, 0.6) is 11.5 Å². The van der Waals surface area contributed by atoms with Gasteiger partial charge in [-0.05, 0) is 17.7 Å². The van der Waals surface area contributed by atoms with Crippen molar-refractivity contribution in [3.05, 3.63) is 23.8 Å². The summed E-state index contributed by atoms with van der Waals surface area (Å²) in [7, 11) is 1.18. The van der Waals surface area contributed by atoms with E-state index in [1.54, 1.807) is 18.2 Å². The molecule has 0 aromatic heterocycles. The Morgan fingerprint density at radius 1 is 1.24 bits per heavy atom. The lowest BCUT2D eigenvalue weighted by molar-refractivity contribution is -0.151. The van der Waals surface area contributed by atoms with E-state index in [4.69, 9.17) is 9.47 Å². The lowest BCUT2D eigenvalue weighted by Crippen LogP contribution is -2.18. The van der Waals surface area contributed by atoms with Crippen LogP contribution < -0.4 is 9.47 Å². The summed E-state index contributed by atoms with van der Waals surface area (Å²) in [5, 5.41) is 0. The monoisotopic (exact) mass is 236 g/mol. The second-order valence-corrected chi connectivity index (χ2v) is 3.57. The summed E-state index contributed by atoms with van der Waals surface area (Å²) in [6.07, 6.45) is 0.00329. The van der Waals surface area contributed by atoms with Crippen LogP contribution in [0.3, 0.4) is 0 Å². The van der Waals surface area contributed by atoms with Gasteiger partial charge < -0.3 is 14.2 Å². The number of carbonyl (C=O) groups excluding carboxylic acids is 2. The molecule has 0 unspecified atom stereocenters. The fourth-order valence-electron chi connectivity index (χ4n) is 1.57. The van der Waals surface area contributed by atoms with Crippen LogP contribution in [-0.4, -0.2) is 32.1 Å². The predicted octanol–water partition coefficient (Wildman–Crippen LogP) is 0.742. The molecular formula is C12H12O5. The molecule has 1 aliphatic rings. The summed E-state index contributed by atoms with van der Waals surface area (Å²) in [6, 6.07) is 5.16. The van der Waals surface area contributed by atoms with Gasteiger partial charge in [-0.15, -0.1) is 0 Å². The fraction of sp³-hybridized carbons (Fsp3) is 0.333. The van der Waals surface area contributed by atoms with Crippen molar-refractivity contribution in [3.63, 3.8) is 0 Å². The molecule has 0 saturated carbocycles. The van der Waals surface area contributed by atoms with E-state index in [9.17, 15) is 9.59 Å². The maximum Gasteiger partial charge on any atom is 0.374 e. The van der Waals surface area contributed by atoms with Gasteiger partial charge in [0.1, 0.15) is 13.2 Å². The van der Waals surface area contributed by atoms with E-state index in [1.165, 1.54) is 7.11 Å². The molecule has 1 aliphatic heterocycles. The summed E-state index contributed by atoms with van der Waals surface area (Å²) in [5.74, 6) is -0.152. The zero-order valence-corrected chi connectivity index (χ0v) is 9.39. The number of methoxy groups -OCH3 is 1. The highest BCUT2D eigenvalue weighted by molar-refractivity contribution is 6.34. The zero-order valence-electron chi connectivity index (χ0n) is 9.39.